The molecule has 1 aromatic heterocycles. The quantitative estimate of drug-likeness (QED) is 0.468. The number of Topliss-reactive ketones (excluding diaryl/α,β-unsaturated/α-hetero) is 1. The molecule has 28 heavy (non-hydrogen) atoms. The minimum atomic E-state index is -0.429. The van der Waals surface area contributed by atoms with Gasteiger partial charge in [-0.2, -0.15) is 11.3 Å². The average Bonchev–Trinajstić information content (AvgIpc) is 3.23. The molecule has 0 atom stereocenters. The fraction of sp³-hybridized carbons (Fsp3) is 0.0833. The summed E-state index contributed by atoms with van der Waals surface area (Å²) in [6.07, 6.45) is 0.397. The van der Waals surface area contributed by atoms with E-state index in [1.807, 2.05) is 54.1 Å². The van der Waals surface area contributed by atoms with Gasteiger partial charge in [0.05, 0.1) is 0 Å². The first kappa shape index (κ1) is 18.1. The van der Waals surface area contributed by atoms with Crippen molar-refractivity contribution in [3.05, 3.63) is 93.7 Å². The molecule has 0 unspecified atom stereocenters. The zero-order chi connectivity index (χ0) is 19.7. The number of amides is 1. The van der Waals surface area contributed by atoms with E-state index in [0.29, 0.717) is 12.0 Å². The first-order valence-corrected chi connectivity index (χ1v) is 9.94. The Morgan fingerprint density at radius 3 is 2.43 bits per heavy atom. The molecule has 0 aliphatic heterocycles. The number of benzene rings is 3. The van der Waals surface area contributed by atoms with Crippen LogP contribution < -0.4 is 5.73 Å². The van der Waals surface area contributed by atoms with Gasteiger partial charge in [-0.3, -0.25) is 9.59 Å². The van der Waals surface area contributed by atoms with Crippen LogP contribution in [0.1, 0.15) is 31.8 Å². The van der Waals surface area contributed by atoms with E-state index >= 15 is 0 Å². The fourth-order valence-electron chi connectivity index (χ4n) is 3.37. The van der Waals surface area contributed by atoms with E-state index in [1.54, 1.807) is 6.07 Å². The number of rotatable bonds is 5. The van der Waals surface area contributed by atoms with Gasteiger partial charge in [-0.1, -0.05) is 36.4 Å². The SMILES string of the molecule is Cc1ccc(C(N)=O)cc1-c1ccc2cc(CC(=O)c3ccsc3)ccc2c1. The molecule has 3 aromatic carbocycles. The number of hydrogen-bond acceptors (Lipinski definition) is 3. The predicted molar refractivity (Wildman–Crippen MR) is 115 cm³/mol. The lowest BCUT2D eigenvalue weighted by atomic mass is 9.94. The molecule has 4 rings (SSSR count). The molecule has 138 valence electrons. The molecule has 0 fully saturated rings. The monoisotopic (exact) mass is 385 g/mol. The van der Waals surface area contributed by atoms with Crippen LogP contribution >= 0.6 is 11.3 Å². The Balaban J connectivity index is 1.66. The van der Waals surface area contributed by atoms with Crippen LogP contribution in [0, 0.1) is 6.92 Å². The second-order valence-corrected chi connectivity index (χ2v) is 7.68. The molecule has 1 heterocycles. The first-order valence-electron chi connectivity index (χ1n) is 9.00. The van der Waals surface area contributed by atoms with Crippen LogP contribution in [0.25, 0.3) is 21.9 Å². The second kappa shape index (κ2) is 7.41. The van der Waals surface area contributed by atoms with Crippen molar-refractivity contribution in [3.63, 3.8) is 0 Å². The fourth-order valence-corrected chi connectivity index (χ4v) is 4.03. The number of carbonyl (C=O) groups is 2. The molecule has 0 aliphatic carbocycles. The van der Waals surface area contributed by atoms with Crippen LogP contribution in [-0.2, 0) is 6.42 Å². The maximum atomic E-state index is 12.3. The van der Waals surface area contributed by atoms with Crippen LogP contribution in [0.2, 0.25) is 0 Å². The summed E-state index contributed by atoms with van der Waals surface area (Å²) in [5.74, 6) is -0.293. The number of ketones is 1. The third kappa shape index (κ3) is 3.59. The minimum Gasteiger partial charge on any atom is -0.366 e. The van der Waals surface area contributed by atoms with Crippen molar-refractivity contribution in [2.45, 2.75) is 13.3 Å². The van der Waals surface area contributed by atoms with Crippen molar-refractivity contribution in [2.24, 2.45) is 5.73 Å². The van der Waals surface area contributed by atoms with E-state index in [1.165, 1.54) is 11.3 Å². The number of thiophene rings is 1. The molecule has 4 heteroatoms. The van der Waals surface area contributed by atoms with E-state index in [4.69, 9.17) is 5.73 Å². The Morgan fingerprint density at radius 1 is 0.893 bits per heavy atom. The van der Waals surface area contributed by atoms with Gasteiger partial charge in [0.2, 0.25) is 5.91 Å². The van der Waals surface area contributed by atoms with Crippen molar-refractivity contribution in [3.8, 4) is 11.1 Å². The molecule has 0 saturated carbocycles. The summed E-state index contributed by atoms with van der Waals surface area (Å²) in [5, 5.41) is 5.99. The number of nitrogens with two attached hydrogens (primary N) is 1. The highest BCUT2D eigenvalue weighted by Gasteiger charge is 2.10. The van der Waals surface area contributed by atoms with Crippen molar-refractivity contribution in [1.29, 1.82) is 0 Å². The Kier molecular flexibility index (Phi) is 4.80. The molecule has 0 spiro atoms. The smallest absolute Gasteiger partial charge is 0.248 e. The molecule has 0 radical (unpaired) electrons. The summed E-state index contributed by atoms with van der Waals surface area (Å²) in [5.41, 5.74) is 10.8. The first-order chi connectivity index (χ1) is 13.5. The molecule has 1 amide bonds. The number of primary amides is 1. The molecule has 4 aromatic rings. The summed E-state index contributed by atoms with van der Waals surface area (Å²) < 4.78 is 0. The van der Waals surface area contributed by atoms with E-state index in [0.717, 1.165) is 38.6 Å². The molecular weight excluding hydrogens is 366 g/mol. The van der Waals surface area contributed by atoms with Gasteiger partial charge in [-0.15, -0.1) is 0 Å². The summed E-state index contributed by atoms with van der Waals surface area (Å²) in [6.45, 7) is 2.02. The summed E-state index contributed by atoms with van der Waals surface area (Å²) in [6, 6.07) is 19.7. The van der Waals surface area contributed by atoms with Crippen LogP contribution in [0.15, 0.2) is 71.4 Å². The Labute approximate surface area is 167 Å². The van der Waals surface area contributed by atoms with Gasteiger partial charge in [0, 0.05) is 22.9 Å². The number of carbonyl (C=O) groups excluding carboxylic acids is 2. The van der Waals surface area contributed by atoms with Crippen molar-refractivity contribution >= 4 is 33.8 Å². The van der Waals surface area contributed by atoms with Crippen LogP contribution in [0.4, 0.5) is 0 Å². The summed E-state index contributed by atoms with van der Waals surface area (Å²) in [4.78, 5) is 23.9. The highest BCUT2D eigenvalue weighted by Crippen LogP contribution is 2.28. The van der Waals surface area contributed by atoms with Gasteiger partial charge in [0.25, 0.3) is 0 Å². The third-order valence-electron chi connectivity index (χ3n) is 4.95. The zero-order valence-electron chi connectivity index (χ0n) is 15.4. The lowest BCUT2D eigenvalue weighted by Crippen LogP contribution is -2.10. The van der Waals surface area contributed by atoms with Crippen molar-refractivity contribution < 1.29 is 9.59 Å². The van der Waals surface area contributed by atoms with Gasteiger partial charge in [-0.05, 0) is 69.6 Å². The maximum absolute atomic E-state index is 12.3. The Bertz CT molecular complexity index is 1190. The maximum Gasteiger partial charge on any atom is 0.248 e. The van der Waals surface area contributed by atoms with Gasteiger partial charge < -0.3 is 5.73 Å². The second-order valence-electron chi connectivity index (χ2n) is 6.90. The standard InChI is InChI=1S/C24H19NO2S/c1-15-2-4-20(24(25)27)13-22(15)19-7-6-17-10-16(3-5-18(17)12-19)11-23(26)21-8-9-28-14-21/h2-10,12-14H,11H2,1H3,(H2,25,27). The van der Waals surface area contributed by atoms with Crippen LogP contribution in [0.3, 0.4) is 0 Å². The molecule has 2 N–H and O–H groups in total. The molecule has 0 aliphatic rings. The third-order valence-corrected chi connectivity index (χ3v) is 5.63. The van der Waals surface area contributed by atoms with Crippen LogP contribution in [0.5, 0.6) is 0 Å². The van der Waals surface area contributed by atoms with E-state index in [2.05, 4.69) is 18.2 Å². The molecule has 0 saturated heterocycles. The topological polar surface area (TPSA) is 60.2 Å². The van der Waals surface area contributed by atoms with E-state index < -0.39 is 5.91 Å². The van der Waals surface area contributed by atoms with Crippen molar-refractivity contribution in [2.75, 3.05) is 0 Å². The number of aryl methyl sites for hydroxylation is 1. The number of fused-ring (bicyclic) bond motifs is 1. The van der Waals surface area contributed by atoms with Gasteiger partial charge >= 0.3 is 0 Å². The highest BCUT2D eigenvalue weighted by molar-refractivity contribution is 7.08. The van der Waals surface area contributed by atoms with Gasteiger partial charge in [-0.25, -0.2) is 0 Å². The lowest BCUT2D eigenvalue weighted by Gasteiger charge is -2.10. The van der Waals surface area contributed by atoms with E-state index in [-0.39, 0.29) is 5.78 Å². The Morgan fingerprint density at radius 2 is 1.68 bits per heavy atom. The van der Waals surface area contributed by atoms with Gasteiger partial charge in [0.15, 0.2) is 5.78 Å². The zero-order valence-corrected chi connectivity index (χ0v) is 16.3. The normalized spacial score (nSPS) is 10.9. The van der Waals surface area contributed by atoms with Crippen LogP contribution in [-0.4, -0.2) is 11.7 Å². The minimum absolute atomic E-state index is 0.135. The average molecular weight is 385 g/mol. The highest BCUT2D eigenvalue weighted by atomic mass is 32.1. The van der Waals surface area contributed by atoms with Gasteiger partial charge in [0.1, 0.15) is 0 Å². The Hall–Kier alpha value is -3.24. The summed E-state index contributed by atoms with van der Waals surface area (Å²) in [7, 11) is 0. The van der Waals surface area contributed by atoms with Crippen molar-refractivity contribution in [1.82, 2.24) is 0 Å². The lowest BCUT2D eigenvalue weighted by molar-refractivity contribution is 0.0988. The molecule has 3 nitrogen and oxygen atoms in total. The number of hydrogen-bond donors (Lipinski definition) is 1. The summed E-state index contributed by atoms with van der Waals surface area (Å²) >= 11 is 1.53. The molecule has 0 bridgehead atoms. The van der Waals surface area contributed by atoms with E-state index in [9.17, 15) is 9.59 Å². The molecular formula is C24H19NO2S. The predicted octanol–water partition coefficient (Wildman–Crippen LogP) is 5.40. The largest absolute Gasteiger partial charge is 0.366 e.